The maximum atomic E-state index is 5.08. The molecule has 0 aliphatic carbocycles. The van der Waals surface area contributed by atoms with E-state index < -0.39 is 0 Å². The summed E-state index contributed by atoms with van der Waals surface area (Å²) in [6.45, 7) is 2.11. The second-order valence-electron chi connectivity index (χ2n) is 1.70. The molecule has 55 valence electrons. The Labute approximate surface area is 65.4 Å². The van der Waals surface area contributed by atoms with Crippen molar-refractivity contribution < 1.29 is 4.74 Å². The van der Waals surface area contributed by atoms with Gasteiger partial charge in [0.25, 0.3) is 0 Å². The summed E-state index contributed by atoms with van der Waals surface area (Å²) < 4.78 is 5.08. The van der Waals surface area contributed by atoms with Crippen LogP contribution in [0.1, 0.15) is 6.92 Å². The Morgan fingerprint density at radius 1 is 1.73 bits per heavy atom. The fraction of sp³-hybridized carbons (Fsp3) is 0.250. The van der Waals surface area contributed by atoms with Crippen LogP contribution in [0, 0.1) is 18.0 Å². The van der Waals surface area contributed by atoms with Crippen LogP contribution >= 0.6 is 0 Å². The van der Waals surface area contributed by atoms with Crippen LogP contribution in [0.5, 0.6) is 5.88 Å². The quantitative estimate of drug-likeness (QED) is 0.577. The molecule has 1 rings (SSSR count). The first-order valence-corrected chi connectivity index (χ1v) is 3.14. The zero-order valence-corrected chi connectivity index (χ0v) is 6.16. The van der Waals surface area contributed by atoms with Crippen molar-refractivity contribution in [3.63, 3.8) is 0 Å². The Kier molecular flexibility index (Phi) is 2.94. The van der Waals surface area contributed by atoms with E-state index in [1.165, 1.54) is 12.4 Å². The van der Waals surface area contributed by atoms with Gasteiger partial charge in [0.1, 0.15) is 6.20 Å². The highest BCUT2D eigenvalue weighted by Crippen LogP contribution is 1.98. The molecule has 11 heavy (non-hydrogen) atoms. The van der Waals surface area contributed by atoms with Gasteiger partial charge in [-0.15, -0.1) is 5.92 Å². The summed E-state index contributed by atoms with van der Waals surface area (Å²) in [4.78, 5) is 7.55. The minimum Gasteiger partial charge on any atom is -0.463 e. The summed E-state index contributed by atoms with van der Waals surface area (Å²) in [5.74, 6) is 5.93. The third kappa shape index (κ3) is 2.67. The van der Waals surface area contributed by atoms with Gasteiger partial charge in [0, 0.05) is 0 Å². The standard InChI is InChI=1S/C8H7N2O/c1-2-3-6-11-8-7-9-4-5-10-8/h5,7H,6H2,1H3. The molecule has 0 fully saturated rings. The summed E-state index contributed by atoms with van der Waals surface area (Å²) in [7, 11) is 0. The highest BCUT2D eigenvalue weighted by atomic mass is 16.5. The second kappa shape index (κ2) is 4.29. The molecule has 0 aliphatic heterocycles. The minimum absolute atomic E-state index is 0.356. The molecule has 0 saturated carbocycles. The average Bonchev–Trinajstić information content (AvgIpc) is 2.07. The molecule has 0 aliphatic rings. The van der Waals surface area contributed by atoms with Gasteiger partial charge in [0.05, 0.1) is 12.4 Å². The van der Waals surface area contributed by atoms with Crippen molar-refractivity contribution in [2.24, 2.45) is 0 Å². The van der Waals surface area contributed by atoms with Crippen LogP contribution in [0.15, 0.2) is 12.4 Å². The lowest BCUT2D eigenvalue weighted by molar-refractivity contribution is 0.353. The van der Waals surface area contributed by atoms with Crippen molar-refractivity contribution in [3.8, 4) is 17.7 Å². The highest BCUT2D eigenvalue weighted by Gasteiger charge is 1.88. The molecule has 0 amide bonds. The maximum Gasteiger partial charge on any atom is 0.233 e. The Bertz CT molecular complexity index is 260. The molecule has 0 atom stereocenters. The number of hydrogen-bond donors (Lipinski definition) is 0. The van der Waals surface area contributed by atoms with Crippen molar-refractivity contribution in [2.45, 2.75) is 6.92 Å². The van der Waals surface area contributed by atoms with E-state index in [0.717, 1.165) is 0 Å². The van der Waals surface area contributed by atoms with Crippen LogP contribution in [0.25, 0.3) is 0 Å². The number of aromatic nitrogens is 2. The van der Waals surface area contributed by atoms with Gasteiger partial charge in [0.15, 0.2) is 6.61 Å². The third-order valence-electron chi connectivity index (χ3n) is 0.968. The van der Waals surface area contributed by atoms with Crippen molar-refractivity contribution >= 4 is 0 Å². The molecule has 1 radical (unpaired) electrons. The number of rotatable bonds is 2. The van der Waals surface area contributed by atoms with E-state index in [4.69, 9.17) is 4.74 Å². The van der Waals surface area contributed by atoms with Crippen LogP contribution < -0.4 is 4.74 Å². The normalized spacial score (nSPS) is 8.09. The Balaban J connectivity index is 2.43. The Hall–Kier alpha value is -1.56. The lowest BCUT2D eigenvalue weighted by Gasteiger charge is -1.96. The molecule has 3 heteroatoms. The molecule has 0 N–H and O–H groups in total. The number of hydrogen-bond acceptors (Lipinski definition) is 3. The van der Waals surface area contributed by atoms with Crippen LogP contribution in [0.2, 0.25) is 0 Å². The number of nitrogens with zero attached hydrogens (tertiary/aromatic N) is 2. The molecule has 0 spiro atoms. The monoisotopic (exact) mass is 147 g/mol. The first kappa shape index (κ1) is 7.55. The van der Waals surface area contributed by atoms with Gasteiger partial charge in [-0.1, -0.05) is 5.92 Å². The zero-order valence-electron chi connectivity index (χ0n) is 6.16. The summed E-state index contributed by atoms with van der Waals surface area (Å²) in [6.07, 6.45) is 5.50. The van der Waals surface area contributed by atoms with E-state index in [2.05, 4.69) is 28.0 Å². The largest absolute Gasteiger partial charge is 0.463 e. The topological polar surface area (TPSA) is 35.0 Å². The molecule has 0 unspecified atom stereocenters. The van der Waals surface area contributed by atoms with E-state index in [-0.39, 0.29) is 0 Å². The molecule has 3 nitrogen and oxygen atoms in total. The lowest BCUT2D eigenvalue weighted by Crippen LogP contribution is -1.95. The predicted octanol–water partition coefficient (Wildman–Crippen LogP) is 0.679. The fourth-order valence-corrected chi connectivity index (χ4v) is 0.508. The summed E-state index contributed by atoms with van der Waals surface area (Å²) in [6, 6.07) is 0. The lowest BCUT2D eigenvalue weighted by atomic mass is 10.6. The highest BCUT2D eigenvalue weighted by molar-refractivity contribution is 5.04. The van der Waals surface area contributed by atoms with E-state index in [0.29, 0.717) is 12.5 Å². The zero-order chi connectivity index (χ0) is 7.94. The van der Waals surface area contributed by atoms with Crippen molar-refractivity contribution in [3.05, 3.63) is 18.6 Å². The van der Waals surface area contributed by atoms with Crippen molar-refractivity contribution in [2.75, 3.05) is 6.61 Å². The second-order valence-corrected chi connectivity index (χ2v) is 1.70. The Morgan fingerprint density at radius 2 is 2.64 bits per heavy atom. The fourth-order valence-electron chi connectivity index (χ4n) is 0.508. The maximum absolute atomic E-state index is 5.08. The van der Waals surface area contributed by atoms with Gasteiger partial charge in [-0.2, -0.15) is 0 Å². The summed E-state index contributed by atoms with van der Waals surface area (Å²) in [5.41, 5.74) is 0. The molecule has 1 aromatic heterocycles. The van der Waals surface area contributed by atoms with Gasteiger partial charge in [-0.3, -0.25) is 0 Å². The molecule has 0 bridgehead atoms. The average molecular weight is 147 g/mol. The van der Waals surface area contributed by atoms with Crippen LogP contribution in [0.4, 0.5) is 0 Å². The molecule has 0 aromatic carbocycles. The third-order valence-corrected chi connectivity index (χ3v) is 0.968. The Morgan fingerprint density at radius 3 is 3.27 bits per heavy atom. The van der Waals surface area contributed by atoms with E-state index in [9.17, 15) is 0 Å². The van der Waals surface area contributed by atoms with Gasteiger partial charge in [-0.25, -0.2) is 9.97 Å². The van der Waals surface area contributed by atoms with E-state index >= 15 is 0 Å². The first-order valence-electron chi connectivity index (χ1n) is 3.14. The smallest absolute Gasteiger partial charge is 0.233 e. The summed E-state index contributed by atoms with van der Waals surface area (Å²) in [5, 5.41) is 0. The van der Waals surface area contributed by atoms with Crippen LogP contribution in [0.3, 0.4) is 0 Å². The van der Waals surface area contributed by atoms with Gasteiger partial charge >= 0.3 is 0 Å². The predicted molar refractivity (Wildman–Crippen MR) is 39.8 cm³/mol. The van der Waals surface area contributed by atoms with Gasteiger partial charge in [0.2, 0.25) is 5.88 Å². The van der Waals surface area contributed by atoms with Gasteiger partial charge < -0.3 is 4.74 Å². The SMILES string of the molecule is CC#CCOc1cn[c]cn1. The van der Waals surface area contributed by atoms with Crippen molar-refractivity contribution in [1.29, 1.82) is 0 Å². The molecule has 1 aromatic rings. The molecule has 0 saturated heterocycles. The van der Waals surface area contributed by atoms with Crippen LogP contribution in [-0.4, -0.2) is 16.6 Å². The molecular formula is C8H7N2O. The van der Waals surface area contributed by atoms with Crippen molar-refractivity contribution in [1.82, 2.24) is 9.97 Å². The van der Waals surface area contributed by atoms with Gasteiger partial charge in [-0.05, 0) is 6.92 Å². The minimum atomic E-state index is 0.356. The molecular weight excluding hydrogens is 140 g/mol. The van der Waals surface area contributed by atoms with E-state index in [1.807, 2.05) is 0 Å². The first-order chi connectivity index (χ1) is 5.43. The molecule has 1 heterocycles. The van der Waals surface area contributed by atoms with E-state index in [1.54, 1.807) is 6.92 Å². The van der Waals surface area contributed by atoms with Crippen LogP contribution in [-0.2, 0) is 0 Å². The number of ether oxygens (including phenoxy) is 1. The summed E-state index contributed by atoms with van der Waals surface area (Å²) >= 11 is 0.